The number of methoxy groups -OCH3 is 1. The lowest BCUT2D eigenvalue weighted by atomic mass is 10.1. The van der Waals surface area contributed by atoms with E-state index in [9.17, 15) is 10.1 Å². The molecule has 0 atom stereocenters. The van der Waals surface area contributed by atoms with E-state index in [0.29, 0.717) is 23.0 Å². The molecule has 0 N–H and O–H groups in total. The van der Waals surface area contributed by atoms with Crippen LogP contribution in [-0.4, -0.2) is 39.4 Å². The third-order valence-electron chi connectivity index (χ3n) is 4.85. The van der Waals surface area contributed by atoms with Crippen LogP contribution in [0.3, 0.4) is 0 Å². The predicted molar refractivity (Wildman–Crippen MR) is 124 cm³/mol. The molecule has 10 heteroatoms. The van der Waals surface area contributed by atoms with E-state index in [1.54, 1.807) is 10.7 Å². The van der Waals surface area contributed by atoms with Crippen molar-refractivity contribution in [1.29, 1.82) is 0 Å². The van der Waals surface area contributed by atoms with Gasteiger partial charge in [-0.3, -0.25) is 10.1 Å². The van der Waals surface area contributed by atoms with Crippen molar-refractivity contribution in [3.63, 3.8) is 0 Å². The summed E-state index contributed by atoms with van der Waals surface area (Å²) in [5, 5.41) is 25.1. The molecule has 0 aliphatic carbocycles. The summed E-state index contributed by atoms with van der Waals surface area (Å²) in [5.74, 6) is 1.04. The molecule has 0 aliphatic heterocycles. The van der Waals surface area contributed by atoms with Gasteiger partial charge in [0.05, 0.1) is 18.2 Å². The van der Waals surface area contributed by atoms with Crippen molar-refractivity contribution < 1.29 is 14.4 Å². The minimum Gasteiger partial charge on any atom is -0.493 e. The van der Waals surface area contributed by atoms with Crippen LogP contribution in [0.4, 0.5) is 5.69 Å². The second-order valence-corrected chi connectivity index (χ2v) is 7.83. The highest BCUT2D eigenvalue weighted by Crippen LogP contribution is 2.38. The molecule has 168 valence electrons. The summed E-state index contributed by atoms with van der Waals surface area (Å²) in [7, 11) is 1.45. The third kappa shape index (κ3) is 5.08. The van der Waals surface area contributed by atoms with Crippen LogP contribution in [0.2, 0.25) is 0 Å². The molecule has 9 nitrogen and oxygen atoms in total. The van der Waals surface area contributed by atoms with E-state index in [2.05, 4.69) is 15.3 Å². The van der Waals surface area contributed by atoms with Gasteiger partial charge in [-0.05, 0) is 37.3 Å². The predicted octanol–water partition coefficient (Wildman–Crippen LogP) is 4.56. The van der Waals surface area contributed by atoms with E-state index in [0.717, 1.165) is 16.7 Å². The maximum atomic E-state index is 11.8. The lowest BCUT2D eigenvalue weighted by Gasteiger charge is -2.13. The van der Waals surface area contributed by atoms with E-state index in [4.69, 9.17) is 9.47 Å². The van der Waals surface area contributed by atoms with Crippen LogP contribution >= 0.6 is 11.8 Å². The Morgan fingerprint density at radius 2 is 2.03 bits per heavy atom. The number of hydrogen-bond acceptors (Lipinski definition) is 8. The molecule has 3 rings (SSSR count). The Balaban J connectivity index is 1.96. The molecule has 0 unspecified atom stereocenters. The Kier molecular flexibility index (Phi) is 7.47. The normalized spacial score (nSPS) is 11.2. The number of ether oxygens (including phenoxy) is 2. The Morgan fingerprint density at radius 1 is 1.25 bits per heavy atom. The van der Waals surface area contributed by atoms with Crippen molar-refractivity contribution in [3.8, 4) is 11.5 Å². The first kappa shape index (κ1) is 23.3. The number of nitro benzene ring substituents is 1. The summed E-state index contributed by atoms with van der Waals surface area (Å²) in [6.07, 6.45) is 4.05. The zero-order valence-electron chi connectivity index (χ0n) is 18.7. The summed E-state index contributed by atoms with van der Waals surface area (Å²) < 4.78 is 12.9. The molecule has 0 saturated heterocycles. The minimum absolute atomic E-state index is 0.0823. The first-order valence-corrected chi connectivity index (χ1v) is 11.2. The van der Waals surface area contributed by atoms with Gasteiger partial charge in [-0.25, -0.2) is 0 Å². The van der Waals surface area contributed by atoms with Crippen molar-refractivity contribution in [3.05, 3.63) is 68.5 Å². The maximum Gasteiger partial charge on any atom is 0.315 e. The van der Waals surface area contributed by atoms with Crippen LogP contribution in [-0.2, 0) is 13.0 Å². The quantitative estimate of drug-likeness (QED) is 0.202. The van der Waals surface area contributed by atoms with Crippen LogP contribution in [0, 0.1) is 24.0 Å². The maximum absolute atomic E-state index is 11.8. The van der Waals surface area contributed by atoms with Gasteiger partial charge in [0.25, 0.3) is 0 Å². The molecule has 0 spiro atoms. The highest BCUT2D eigenvalue weighted by Gasteiger charge is 2.22. The molecule has 0 aliphatic rings. The number of nitro groups is 1. The summed E-state index contributed by atoms with van der Waals surface area (Å²) in [6, 6.07) is 9.08. The first-order chi connectivity index (χ1) is 15.4. The van der Waals surface area contributed by atoms with Crippen LogP contribution in [0.5, 0.6) is 11.5 Å². The Morgan fingerprint density at radius 3 is 2.69 bits per heavy atom. The molecule has 32 heavy (non-hydrogen) atoms. The van der Waals surface area contributed by atoms with Gasteiger partial charge in [-0.2, -0.15) is 9.78 Å². The van der Waals surface area contributed by atoms with E-state index < -0.39 is 4.92 Å². The zero-order valence-corrected chi connectivity index (χ0v) is 19.5. The Labute approximate surface area is 190 Å². The van der Waals surface area contributed by atoms with E-state index in [-0.39, 0.29) is 23.8 Å². The van der Waals surface area contributed by atoms with Gasteiger partial charge in [0.1, 0.15) is 6.61 Å². The van der Waals surface area contributed by atoms with E-state index in [1.807, 2.05) is 45.2 Å². The molecule has 2 aromatic carbocycles. The van der Waals surface area contributed by atoms with Crippen LogP contribution in [0.25, 0.3) is 0 Å². The highest BCUT2D eigenvalue weighted by molar-refractivity contribution is 7.98. The van der Waals surface area contributed by atoms with Gasteiger partial charge in [0.15, 0.2) is 11.6 Å². The molecule has 1 aromatic heterocycles. The van der Waals surface area contributed by atoms with Gasteiger partial charge in [-0.1, -0.05) is 42.4 Å². The van der Waals surface area contributed by atoms with Gasteiger partial charge in [0.2, 0.25) is 10.9 Å². The van der Waals surface area contributed by atoms with Crippen LogP contribution in [0.15, 0.2) is 40.6 Å². The monoisotopic (exact) mass is 455 g/mol. The first-order valence-electron chi connectivity index (χ1n) is 9.95. The van der Waals surface area contributed by atoms with Crippen molar-refractivity contribution in [2.75, 3.05) is 13.4 Å². The van der Waals surface area contributed by atoms with E-state index >= 15 is 0 Å². The molecule has 0 bridgehead atoms. The Bertz CT molecular complexity index is 1140. The fraction of sp³-hybridized carbons (Fsp3) is 0.318. The van der Waals surface area contributed by atoms with Gasteiger partial charge < -0.3 is 9.47 Å². The smallest absolute Gasteiger partial charge is 0.315 e. The topological polar surface area (TPSA) is 105 Å². The number of nitrogens with zero attached hydrogens (tertiary/aromatic N) is 5. The average Bonchev–Trinajstić information content (AvgIpc) is 3.19. The number of aryl methyl sites for hydroxylation is 3. The molecule has 0 amide bonds. The number of aromatic nitrogens is 3. The van der Waals surface area contributed by atoms with Crippen molar-refractivity contribution in [2.24, 2.45) is 5.10 Å². The number of hydrogen-bond donors (Lipinski definition) is 0. The molecular weight excluding hydrogens is 430 g/mol. The second-order valence-electron chi connectivity index (χ2n) is 7.06. The summed E-state index contributed by atoms with van der Waals surface area (Å²) >= 11 is 1.41. The minimum atomic E-state index is -0.484. The third-order valence-corrected chi connectivity index (χ3v) is 5.47. The lowest BCUT2D eigenvalue weighted by Crippen LogP contribution is -2.04. The number of thioether (sulfide) groups is 1. The van der Waals surface area contributed by atoms with E-state index in [1.165, 1.54) is 31.2 Å². The molecule has 3 aromatic rings. The molecule has 0 radical (unpaired) electrons. The van der Waals surface area contributed by atoms with Crippen LogP contribution in [0.1, 0.15) is 35.0 Å². The molecule has 1 heterocycles. The van der Waals surface area contributed by atoms with Crippen molar-refractivity contribution in [2.45, 2.75) is 39.0 Å². The van der Waals surface area contributed by atoms with Crippen molar-refractivity contribution >= 4 is 23.7 Å². The second kappa shape index (κ2) is 10.3. The SMILES string of the molecule is CCc1nnc(SC)n1/N=C\c1cc(OC)c(OCc2cc(C)ccc2C)c([N+](=O)[O-])c1. The van der Waals surface area contributed by atoms with Crippen LogP contribution < -0.4 is 9.47 Å². The lowest BCUT2D eigenvalue weighted by molar-refractivity contribution is -0.386. The summed E-state index contributed by atoms with van der Waals surface area (Å²) in [5.41, 5.74) is 3.39. The van der Waals surface area contributed by atoms with Gasteiger partial charge in [0, 0.05) is 18.1 Å². The fourth-order valence-corrected chi connectivity index (χ4v) is 3.55. The summed E-state index contributed by atoms with van der Waals surface area (Å²) in [6.45, 7) is 6.11. The molecular formula is C22H25N5O4S. The number of benzene rings is 2. The number of rotatable bonds is 9. The standard InChI is InChI=1S/C22H25N5O4S/c1-6-20-24-25-22(32-5)26(20)23-12-16-10-18(27(28)29)21(19(11-16)30-4)31-13-17-9-14(2)7-8-15(17)3/h7-12H,6,13H2,1-5H3/b23-12-. The largest absolute Gasteiger partial charge is 0.493 e. The zero-order chi connectivity index (χ0) is 23.3. The molecule has 0 fully saturated rings. The van der Waals surface area contributed by atoms with Gasteiger partial charge in [-0.15, -0.1) is 10.2 Å². The van der Waals surface area contributed by atoms with Gasteiger partial charge >= 0.3 is 5.69 Å². The molecule has 0 saturated carbocycles. The average molecular weight is 456 g/mol. The highest BCUT2D eigenvalue weighted by atomic mass is 32.2. The summed E-state index contributed by atoms with van der Waals surface area (Å²) in [4.78, 5) is 11.3. The Hall–Kier alpha value is -3.40. The fourth-order valence-electron chi connectivity index (χ4n) is 3.10. The van der Waals surface area contributed by atoms with Crippen molar-refractivity contribution in [1.82, 2.24) is 14.9 Å².